The molecule has 10 heteroatoms. The summed E-state index contributed by atoms with van der Waals surface area (Å²) >= 11 is 6.37. The van der Waals surface area contributed by atoms with E-state index in [0.29, 0.717) is 17.1 Å². The Morgan fingerprint density at radius 1 is 0.892 bits per heavy atom. The van der Waals surface area contributed by atoms with Gasteiger partial charge in [-0.3, -0.25) is 4.98 Å². The van der Waals surface area contributed by atoms with E-state index in [1.165, 1.54) is 6.20 Å². The molecule has 0 saturated carbocycles. The van der Waals surface area contributed by atoms with Crippen molar-refractivity contribution in [2.24, 2.45) is 0 Å². The van der Waals surface area contributed by atoms with E-state index >= 15 is 0 Å². The smallest absolute Gasteiger partial charge is 0.229 e. The molecular formula is C27H24ClN5O3S. The number of para-hydroxylation sites is 2. The minimum absolute atomic E-state index is 0.171. The minimum atomic E-state index is -3.53. The van der Waals surface area contributed by atoms with Crippen molar-refractivity contribution >= 4 is 66.3 Å². The lowest BCUT2D eigenvalue weighted by molar-refractivity contribution is 0.417. The second-order valence-corrected chi connectivity index (χ2v) is 11.5. The van der Waals surface area contributed by atoms with Crippen molar-refractivity contribution in [1.82, 2.24) is 15.0 Å². The molecule has 0 radical (unpaired) electrons. The van der Waals surface area contributed by atoms with E-state index < -0.39 is 15.1 Å². The molecule has 0 fully saturated rings. The van der Waals surface area contributed by atoms with E-state index in [1.54, 1.807) is 45.2 Å². The van der Waals surface area contributed by atoms with E-state index in [0.717, 1.165) is 21.7 Å². The molecule has 0 saturated heterocycles. The van der Waals surface area contributed by atoms with Crippen molar-refractivity contribution in [3.8, 4) is 5.75 Å². The van der Waals surface area contributed by atoms with E-state index in [9.17, 15) is 8.42 Å². The number of fused-ring (bicyclic) bond motifs is 3. The van der Waals surface area contributed by atoms with Crippen molar-refractivity contribution in [2.75, 3.05) is 17.7 Å². The number of halogens is 1. The fraction of sp³-hybridized carbons (Fsp3) is 0.148. The topological polar surface area (TPSA) is 106 Å². The number of nitrogens with zero attached hydrogens (tertiary/aromatic N) is 3. The van der Waals surface area contributed by atoms with Gasteiger partial charge < -0.3 is 15.4 Å². The van der Waals surface area contributed by atoms with Gasteiger partial charge in [-0.15, -0.1) is 0 Å². The highest BCUT2D eigenvalue weighted by atomic mass is 35.5. The number of aromatic nitrogens is 3. The summed E-state index contributed by atoms with van der Waals surface area (Å²) in [5, 5.41) is 8.86. The molecule has 0 aliphatic carbocycles. The molecule has 0 aliphatic heterocycles. The number of pyridine rings is 1. The van der Waals surface area contributed by atoms with Crippen LogP contribution in [0.15, 0.2) is 78.0 Å². The van der Waals surface area contributed by atoms with Gasteiger partial charge >= 0.3 is 0 Å². The van der Waals surface area contributed by atoms with Crippen LogP contribution in [-0.2, 0) is 9.84 Å². The molecule has 37 heavy (non-hydrogen) atoms. The predicted octanol–water partition coefficient (Wildman–Crippen LogP) is 6.51. The second-order valence-electron chi connectivity index (χ2n) is 8.65. The van der Waals surface area contributed by atoms with Gasteiger partial charge in [-0.05, 0) is 49.6 Å². The summed E-state index contributed by atoms with van der Waals surface area (Å²) in [6, 6.07) is 18.4. The highest BCUT2D eigenvalue weighted by Gasteiger charge is 2.23. The van der Waals surface area contributed by atoms with Gasteiger partial charge in [-0.2, -0.15) is 4.98 Å². The number of hydrogen-bond acceptors (Lipinski definition) is 8. The third-order valence-electron chi connectivity index (χ3n) is 5.97. The summed E-state index contributed by atoms with van der Waals surface area (Å²) in [6.07, 6.45) is 3.26. The molecule has 3 aromatic carbocycles. The number of nitrogens with one attached hydrogen (secondary N) is 2. The van der Waals surface area contributed by atoms with Crippen LogP contribution in [-0.4, -0.2) is 35.7 Å². The Balaban J connectivity index is 1.51. The number of rotatable bonds is 7. The van der Waals surface area contributed by atoms with Crippen LogP contribution >= 0.6 is 11.6 Å². The summed E-state index contributed by atoms with van der Waals surface area (Å²) in [4.78, 5) is 13.5. The number of benzene rings is 3. The van der Waals surface area contributed by atoms with Crippen LogP contribution in [0.4, 0.5) is 23.1 Å². The molecule has 0 unspecified atom stereocenters. The highest BCUT2D eigenvalue weighted by molar-refractivity contribution is 7.92. The molecule has 0 spiro atoms. The Kier molecular flexibility index (Phi) is 6.57. The van der Waals surface area contributed by atoms with E-state index in [2.05, 4.69) is 25.6 Å². The molecule has 8 nitrogen and oxygen atoms in total. The Morgan fingerprint density at radius 2 is 1.65 bits per heavy atom. The molecule has 2 heterocycles. The van der Waals surface area contributed by atoms with Gasteiger partial charge in [0.05, 0.1) is 40.3 Å². The number of hydrogen-bond donors (Lipinski definition) is 2. The van der Waals surface area contributed by atoms with Crippen LogP contribution in [0.1, 0.15) is 13.8 Å². The molecule has 0 bridgehead atoms. The maximum atomic E-state index is 12.9. The molecule has 0 atom stereocenters. The van der Waals surface area contributed by atoms with Crippen molar-refractivity contribution in [2.45, 2.75) is 24.0 Å². The van der Waals surface area contributed by atoms with Crippen LogP contribution < -0.4 is 15.4 Å². The van der Waals surface area contributed by atoms with Gasteiger partial charge in [-0.25, -0.2) is 13.4 Å². The zero-order valence-corrected chi connectivity index (χ0v) is 21.9. The normalized spacial score (nSPS) is 11.7. The summed E-state index contributed by atoms with van der Waals surface area (Å²) in [7, 11) is -1.94. The molecule has 2 N–H and O–H groups in total. The molecule has 188 valence electrons. The predicted molar refractivity (Wildman–Crippen MR) is 148 cm³/mol. The third-order valence-corrected chi connectivity index (χ3v) is 8.45. The molecular weight excluding hydrogens is 510 g/mol. The maximum Gasteiger partial charge on any atom is 0.229 e. The zero-order chi connectivity index (χ0) is 26.2. The Bertz CT molecular complexity index is 1740. The number of anilines is 4. The lowest BCUT2D eigenvalue weighted by Crippen LogP contribution is -2.15. The van der Waals surface area contributed by atoms with Gasteiger partial charge in [-0.1, -0.05) is 41.9 Å². The summed E-state index contributed by atoms with van der Waals surface area (Å²) in [5.74, 6) is 1.12. The first kappa shape index (κ1) is 24.7. The summed E-state index contributed by atoms with van der Waals surface area (Å²) in [5.41, 5.74) is 1.92. The van der Waals surface area contributed by atoms with Crippen LogP contribution in [0.5, 0.6) is 5.75 Å². The van der Waals surface area contributed by atoms with Crippen LogP contribution in [0.25, 0.3) is 21.7 Å². The summed E-state index contributed by atoms with van der Waals surface area (Å²) < 4.78 is 31.4. The summed E-state index contributed by atoms with van der Waals surface area (Å²) in [6.45, 7) is 3.28. The monoisotopic (exact) mass is 533 g/mol. The molecule has 5 rings (SSSR count). The average molecular weight is 534 g/mol. The van der Waals surface area contributed by atoms with Crippen molar-refractivity contribution in [3.63, 3.8) is 0 Å². The van der Waals surface area contributed by atoms with Crippen molar-refractivity contribution in [1.29, 1.82) is 0 Å². The van der Waals surface area contributed by atoms with E-state index in [1.807, 2.05) is 42.6 Å². The molecule has 2 aromatic heterocycles. The van der Waals surface area contributed by atoms with Gasteiger partial charge in [0.15, 0.2) is 15.7 Å². The van der Waals surface area contributed by atoms with Gasteiger partial charge in [0.2, 0.25) is 5.95 Å². The Morgan fingerprint density at radius 3 is 2.43 bits per heavy atom. The largest absolute Gasteiger partial charge is 0.495 e. The molecule has 5 aromatic rings. The average Bonchev–Trinajstić information content (AvgIpc) is 2.90. The molecule has 0 aliphatic rings. The fourth-order valence-electron chi connectivity index (χ4n) is 3.99. The molecule has 0 amide bonds. The van der Waals surface area contributed by atoms with Crippen LogP contribution in [0, 0.1) is 0 Å². The van der Waals surface area contributed by atoms with Crippen molar-refractivity contribution in [3.05, 3.63) is 78.1 Å². The lowest BCUT2D eigenvalue weighted by Gasteiger charge is -2.16. The second kappa shape index (κ2) is 9.84. The first-order valence-electron chi connectivity index (χ1n) is 11.5. The van der Waals surface area contributed by atoms with Crippen LogP contribution in [0.3, 0.4) is 0 Å². The standard InChI is InChI=1S/C27H24ClN5O3S/c1-16(2)37(34,35)25-11-7-6-10-22(25)31-26-20(28)15-30-27(33-26)32-23-12-17-14-29-21-9-5-4-8-18(21)19(17)13-24(23)36-3/h4-16H,1-3H3,(H2,30,31,32,33). The van der Waals surface area contributed by atoms with Crippen molar-refractivity contribution < 1.29 is 13.2 Å². The Hall–Kier alpha value is -3.95. The fourth-order valence-corrected chi connectivity index (χ4v) is 5.33. The zero-order valence-electron chi connectivity index (χ0n) is 20.4. The number of methoxy groups -OCH3 is 1. The number of ether oxygens (including phenoxy) is 1. The van der Waals surface area contributed by atoms with Gasteiger partial charge in [0, 0.05) is 17.0 Å². The van der Waals surface area contributed by atoms with E-state index in [-0.39, 0.29) is 21.7 Å². The SMILES string of the molecule is COc1cc2c(cnc3ccccc32)cc1Nc1ncc(Cl)c(Nc2ccccc2S(=O)(=O)C(C)C)n1. The maximum absolute atomic E-state index is 12.9. The highest BCUT2D eigenvalue weighted by Crippen LogP contribution is 2.36. The first-order valence-corrected chi connectivity index (χ1v) is 13.5. The van der Waals surface area contributed by atoms with Crippen LogP contribution in [0.2, 0.25) is 5.02 Å². The quantitative estimate of drug-likeness (QED) is 0.228. The number of sulfone groups is 1. The third kappa shape index (κ3) is 4.75. The minimum Gasteiger partial charge on any atom is -0.495 e. The van der Waals surface area contributed by atoms with Gasteiger partial charge in [0.1, 0.15) is 10.8 Å². The van der Waals surface area contributed by atoms with E-state index in [4.69, 9.17) is 16.3 Å². The van der Waals surface area contributed by atoms with Gasteiger partial charge in [0.25, 0.3) is 0 Å². The lowest BCUT2D eigenvalue weighted by atomic mass is 10.1. The Labute approximate surface area is 219 Å². The first-order chi connectivity index (χ1) is 17.8.